The average Bonchev–Trinajstić information content (AvgIpc) is 2.12. The molecule has 2 unspecified atom stereocenters. The van der Waals surface area contributed by atoms with Crippen LogP contribution in [0.25, 0.3) is 0 Å². The van der Waals surface area contributed by atoms with Crippen molar-refractivity contribution in [2.24, 2.45) is 11.3 Å². The summed E-state index contributed by atoms with van der Waals surface area (Å²) in [5, 5.41) is 26.5. The number of nitriles is 1. The number of carbonyl (C=O) groups is 2. The van der Waals surface area contributed by atoms with Crippen molar-refractivity contribution in [2.75, 3.05) is 0 Å². The fourth-order valence-corrected chi connectivity index (χ4v) is 1.49. The second kappa shape index (κ2) is 4.61. The molecule has 0 saturated heterocycles. The molecule has 0 aliphatic heterocycles. The summed E-state index contributed by atoms with van der Waals surface area (Å²) in [6, 6.07) is 1.62. The van der Waals surface area contributed by atoms with E-state index in [1.54, 1.807) is 13.0 Å². The first kappa shape index (κ1) is 12.4. The maximum atomic E-state index is 10.9. The molecule has 0 fully saturated rings. The second-order valence-corrected chi connectivity index (χ2v) is 3.04. The second-order valence-electron chi connectivity index (χ2n) is 3.04. The highest BCUT2D eigenvalue weighted by Crippen LogP contribution is 2.33. The predicted octanol–water partition coefficient (Wildman–Crippen LogP) is 1.10. The van der Waals surface area contributed by atoms with E-state index < -0.39 is 23.3 Å². The molecule has 0 radical (unpaired) electrons. The van der Waals surface area contributed by atoms with Gasteiger partial charge in [0.2, 0.25) is 0 Å². The lowest BCUT2D eigenvalue weighted by atomic mass is 9.73. The smallest absolute Gasteiger partial charge is 0.324 e. The van der Waals surface area contributed by atoms with Crippen LogP contribution in [-0.2, 0) is 9.59 Å². The van der Waals surface area contributed by atoms with Crippen LogP contribution < -0.4 is 0 Å². The lowest BCUT2D eigenvalue weighted by Crippen LogP contribution is -2.40. The molecule has 14 heavy (non-hydrogen) atoms. The van der Waals surface area contributed by atoms with Crippen LogP contribution in [0.2, 0.25) is 0 Å². The average molecular weight is 199 g/mol. The molecule has 0 spiro atoms. The minimum Gasteiger partial charge on any atom is -0.481 e. The van der Waals surface area contributed by atoms with E-state index in [1.165, 1.54) is 6.92 Å². The van der Waals surface area contributed by atoms with Gasteiger partial charge < -0.3 is 10.2 Å². The Morgan fingerprint density at radius 3 is 2.00 bits per heavy atom. The number of nitrogens with zero attached hydrogens (tertiary/aromatic N) is 1. The molecule has 2 N–H and O–H groups in total. The molecule has 0 saturated carbocycles. The van der Waals surface area contributed by atoms with E-state index in [9.17, 15) is 9.59 Å². The first-order chi connectivity index (χ1) is 6.46. The SMILES string of the molecule is CCC(C(=O)O)C(C#N)(CC)C(=O)O. The number of hydrogen-bond donors (Lipinski definition) is 2. The van der Waals surface area contributed by atoms with Crippen molar-refractivity contribution < 1.29 is 19.8 Å². The van der Waals surface area contributed by atoms with E-state index in [2.05, 4.69) is 0 Å². The van der Waals surface area contributed by atoms with Crippen molar-refractivity contribution in [3.63, 3.8) is 0 Å². The summed E-state index contributed by atoms with van der Waals surface area (Å²) in [6.07, 6.45) is 0.118. The van der Waals surface area contributed by atoms with Gasteiger partial charge in [-0.25, -0.2) is 0 Å². The van der Waals surface area contributed by atoms with Crippen LogP contribution in [0.4, 0.5) is 0 Å². The number of aliphatic carboxylic acids is 2. The minimum atomic E-state index is -1.80. The molecule has 5 nitrogen and oxygen atoms in total. The van der Waals surface area contributed by atoms with Crippen molar-refractivity contribution in [1.29, 1.82) is 5.26 Å². The van der Waals surface area contributed by atoms with E-state index in [-0.39, 0.29) is 12.8 Å². The molecule has 0 aliphatic carbocycles. The molecule has 2 atom stereocenters. The molecule has 0 rings (SSSR count). The molecule has 0 aromatic carbocycles. The van der Waals surface area contributed by atoms with E-state index >= 15 is 0 Å². The van der Waals surface area contributed by atoms with Crippen LogP contribution in [0.15, 0.2) is 0 Å². The molecule has 0 aromatic rings. The Hall–Kier alpha value is -1.57. The van der Waals surface area contributed by atoms with Gasteiger partial charge in [0.15, 0.2) is 5.41 Å². The Labute approximate surface area is 82.0 Å². The molecular formula is C9H13NO4. The Balaban J connectivity index is 5.28. The van der Waals surface area contributed by atoms with Crippen LogP contribution in [0.3, 0.4) is 0 Å². The van der Waals surface area contributed by atoms with Gasteiger partial charge in [-0.15, -0.1) is 0 Å². The maximum Gasteiger partial charge on any atom is 0.324 e. The topological polar surface area (TPSA) is 98.4 Å². The standard InChI is InChI=1S/C9H13NO4/c1-3-6(7(11)12)9(4-2,5-10)8(13)14/h6H,3-4H2,1-2H3,(H,11,12)(H,13,14). The van der Waals surface area contributed by atoms with Crippen LogP contribution >= 0.6 is 0 Å². The fourth-order valence-electron chi connectivity index (χ4n) is 1.49. The highest BCUT2D eigenvalue weighted by molar-refractivity contribution is 5.85. The third-order valence-corrected chi connectivity index (χ3v) is 2.44. The number of carboxylic acids is 2. The summed E-state index contributed by atoms with van der Waals surface area (Å²) in [6.45, 7) is 3.06. The molecule has 0 heterocycles. The van der Waals surface area contributed by atoms with Crippen molar-refractivity contribution in [3.05, 3.63) is 0 Å². The van der Waals surface area contributed by atoms with Gasteiger partial charge in [-0.3, -0.25) is 9.59 Å². The monoisotopic (exact) mass is 199 g/mol. The summed E-state index contributed by atoms with van der Waals surface area (Å²) in [7, 11) is 0. The van der Waals surface area contributed by atoms with Crippen LogP contribution in [-0.4, -0.2) is 22.2 Å². The van der Waals surface area contributed by atoms with Gasteiger partial charge in [0.25, 0.3) is 0 Å². The minimum absolute atomic E-state index is 0.0103. The van der Waals surface area contributed by atoms with Gasteiger partial charge in [0.05, 0.1) is 12.0 Å². The Morgan fingerprint density at radius 1 is 1.43 bits per heavy atom. The molecule has 0 bridgehead atoms. The zero-order valence-corrected chi connectivity index (χ0v) is 8.15. The molecular weight excluding hydrogens is 186 g/mol. The molecule has 5 heteroatoms. The van der Waals surface area contributed by atoms with Gasteiger partial charge in [0, 0.05) is 0 Å². The Kier molecular flexibility index (Phi) is 4.09. The Morgan fingerprint density at radius 2 is 1.93 bits per heavy atom. The summed E-state index contributed by atoms with van der Waals surface area (Å²) >= 11 is 0. The van der Waals surface area contributed by atoms with Crippen molar-refractivity contribution in [2.45, 2.75) is 26.7 Å². The summed E-state index contributed by atoms with van der Waals surface area (Å²) in [4.78, 5) is 21.7. The highest BCUT2D eigenvalue weighted by Gasteiger charge is 2.48. The predicted molar refractivity (Wildman–Crippen MR) is 47.4 cm³/mol. The largest absolute Gasteiger partial charge is 0.481 e. The summed E-state index contributed by atoms with van der Waals surface area (Å²) < 4.78 is 0. The Bertz CT molecular complexity index is 281. The van der Waals surface area contributed by atoms with E-state index in [0.717, 1.165) is 0 Å². The van der Waals surface area contributed by atoms with Gasteiger partial charge >= 0.3 is 11.9 Å². The zero-order valence-electron chi connectivity index (χ0n) is 8.15. The van der Waals surface area contributed by atoms with Crippen molar-refractivity contribution in [1.82, 2.24) is 0 Å². The molecule has 78 valence electrons. The van der Waals surface area contributed by atoms with Gasteiger partial charge in [0.1, 0.15) is 0 Å². The number of hydrogen-bond acceptors (Lipinski definition) is 3. The van der Waals surface area contributed by atoms with E-state index in [0.29, 0.717) is 0 Å². The highest BCUT2D eigenvalue weighted by atomic mass is 16.4. The number of rotatable bonds is 5. The number of carboxylic acid groups (broad SMARTS) is 2. The zero-order chi connectivity index (χ0) is 11.4. The van der Waals surface area contributed by atoms with Crippen molar-refractivity contribution in [3.8, 4) is 6.07 Å². The quantitative estimate of drug-likeness (QED) is 0.690. The molecule has 0 aromatic heterocycles. The van der Waals surface area contributed by atoms with Gasteiger partial charge in [-0.2, -0.15) is 5.26 Å². The third-order valence-electron chi connectivity index (χ3n) is 2.44. The van der Waals surface area contributed by atoms with Crippen LogP contribution in [0.1, 0.15) is 26.7 Å². The summed E-state index contributed by atoms with van der Waals surface area (Å²) in [5.74, 6) is -3.76. The van der Waals surface area contributed by atoms with Gasteiger partial charge in [-0.05, 0) is 12.8 Å². The van der Waals surface area contributed by atoms with Gasteiger partial charge in [-0.1, -0.05) is 13.8 Å². The lowest BCUT2D eigenvalue weighted by Gasteiger charge is -2.25. The van der Waals surface area contributed by atoms with Crippen molar-refractivity contribution >= 4 is 11.9 Å². The maximum absolute atomic E-state index is 10.9. The third kappa shape index (κ3) is 1.84. The first-order valence-electron chi connectivity index (χ1n) is 4.33. The first-order valence-corrected chi connectivity index (χ1v) is 4.33. The van der Waals surface area contributed by atoms with E-state index in [4.69, 9.17) is 15.5 Å². The molecule has 0 aliphatic rings. The fraction of sp³-hybridized carbons (Fsp3) is 0.667. The van der Waals surface area contributed by atoms with E-state index in [1.807, 2.05) is 0 Å². The van der Waals surface area contributed by atoms with Crippen LogP contribution in [0, 0.1) is 22.7 Å². The lowest BCUT2D eigenvalue weighted by molar-refractivity contribution is -0.158. The van der Waals surface area contributed by atoms with Crippen LogP contribution in [0.5, 0.6) is 0 Å². The normalized spacial score (nSPS) is 16.4. The summed E-state index contributed by atoms with van der Waals surface area (Å²) in [5.41, 5.74) is -1.80. The molecule has 0 amide bonds.